The second kappa shape index (κ2) is 7.35. The van der Waals surface area contributed by atoms with Crippen molar-refractivity contribution in [1.29, 1.82) is 0 Å². The van der Waals surface area contributed by atoms with E-state index in [0.717, 1.165) is 25.4 Å². The summed E-state index contributed by atoms with van der Waals surface area (Å²) in [6.45, 7) is 9.13. The Bertz CT molecular complexity index is 384. The number of amides is 2. The summed E-state index contributed by atoms with van der Waals surface area (Å²) in [6.07, 6.45) is 0. The number of rotatable bonds is 3. The molecule has 0 bridgehead atoms. The first kappa shape index (κ1) is 16.4. The Labute approximate surface area is 130 Å². The summed E-state index contributed by atoms with van der Waals surface area (Å²) in [5.74, 6) is 1.05. The van der Waals surface area contributed by atoms with Gasteiger partial charge in [-0.15, -0.1) is 0 Å². The van der Waals surface area contributed by atoms with Gasteiger partial charge in [-0.05, 0) is 5.92 Å². The Morgan fingerprint density at radius 3 is 2.43 bits per heavy atom. The van der Waals surface area contributed by atoms with Crippen LogP contribution >= 0.6 is 11.8 Å². The van der Waals surface area contributed by atoms with Crippen LogP contribution in [0.25, 0.3) is 0 Å². The van der Waals surface area contributed by atoms with E-state index >= 15 is 0 Å². The van der Waals surface area contributed by atoms with Crippen LogP contribution in [0.15, 0.2) is 0 Å². The zero-order valence-corrected chi connectivity index (χ0v) is 13.6. The van der Waals surface area contributed by atoms with Crippen LogP contribution in [0.3, 0.4) is 0 Å². The minimum absolute atomic E-state index is 0.105. The van der Waals surface area contributed by atoms with Gasteiger partial charge in [0.1, 0.15) is 6.04 Å². The van der Waals surface area contributed by atoms with Crippen LogP contribution < -0.4 is 0 Å². The quantitative estimate of drug-likeness (QED) is 0.838. The highest BCUT2D eigenvalue weighted by Gasteiger charge is 2.35. The average molecular weight is 315 g/mol. The monoisotopic (exact) mass is 315 g/mol. The second-order valence-corrected chi connectivity index (χ2v) is 7.24. The molecule has 2 saturated heterocycles. The molecule has 2 amide bonds. The van der Waals surface area contributed by atoms with E-state index in [2.05, 4.69) is 18.7 Å². The maximum atomic E-state index is 12.6. The van der Waals surface area contributed by atoms with Crippen molar-refractivity contribution >= 4 is 23.8 Å². The molecule has 0 aromatic rings. The Morgan fingerprint density at radius 1 is 1.19 bits per heavy atom. The van der Waals surface area contributed by atoms with E-state index in [9.17, 15) is 14.7 Å². The number of carboxylic acid groups (broad SMARTS) is 1. The van der Waals surface area contributed by atoms with E-state index in [1.165, 1.54) is 4.90 Å². The van der Waals surface area contributed by atoms with Crippen LogP contribution in [-0.2, 0) is 4.79 Å². The third-order valence-corrected chi connectivity index (χ3v) is 4.95. The van der Waals surface area contributed by atoms with Gasteiger partial charge in [-0.1, -0.05) is 13.8 Å². The van der Waals surface area contributed by atoms with Crippen molar-refractivity contribution in [2.24, 2.45) is 5.92 Å². The molecule has 0 aromatic carbocycles. The first-order valence-corrected chi connectivity index (χ1v) is 8.73. The molecule has 0 spiro atoms. The standard InChI is InChI=1S/C14H25N3O3S/c1-11(2)9-15-3-5-16(6-4-15)14(20)17-7-8-21-10-12(17)13(18)19/h11-12H,3-10H2,1-2H3,(H,18,19). The van der Waals surface area contributed by atoms with E-state index in [0.29, 0.717) is 31.3 Å². The minimum atomic E-state index is -0.894. The summed E-state index contributed by atoms with van der Waals surface area (Å²) in [6, 6.07) is -0.781. The van der Waals surface area contributed by atoms with Gasteiger partial charge in [0.2, 0.25) is 0 Å². The molecule has 120 valence electrons. The first-order chi connectivity index (χ1) is 9.99. The predicted molar refractivity (Wildman–Crippen MR) is 83.7 cm³/mol. The number of hydrogen-bond acceptors (Lipinski definition) is 4. The lowest BCUT2D eigenvalue weighted by atomic mass is 10.2. The lowest BCUT2D eigenvalue weighted by molar-refractivity contribution is -0.141. The van der Waals surface area contributed by atoms with E-state index in [-0.39, 0.29) is 6.03 Å². The van der Waals surface area contributed by atoms with Gasteiger partial charge in [0, 0.05) is 50.8 Å². The number of nitrogens with zero attached hydrogens (tertiary/aromatic N) is 3. The van der Waals surface area contributed by atoms with Gasteiger partial charge in [0.15, 0.2) is 0 Å². The molecule has 2 aliphatic heterocycles. The first-order valence-electron chi connectivity index (χ1n) is 7.57. The molecule has 1 atom stereocenters. The molecule has 2 rings (SSSR count). The van der Waals surface area contributed by atoms with Gasteiger partial charge in [-0.2, -0.15) is 11.8 Å². The Morgan fingerprint density at radius 2 is 1.86 bits per heavy atom. The maximum Gasteiger partial charge on any atom is 0.327 e. The molecule has 1 N–H and O–H groups in total. The van der Waals surface area contributed by atoms with Crippen LogP contribution in [0.5, 0.6) is 0 Å². The van der Waals surface area contributed by atoms with Gasteiger partial charge in [0.05, 0.1) is 0 Å². The summed E-state index contributed by atoms with van der Waals surface area (Å²) < 4.78 is 0. The molecular formula is C14H25N3O3S. The van der Waals surface area contributed by atoms with Crippen molar-refractivity contribution in [3.05, 3.63) is 0 Å². The predicted octanol–water partition coefficient (Wildman–Crippen LogP) is 0.882. The normalized spacial score (nSPS) is 24.4. The van der Waals surface area contributed by atoms with Gasteiger partial charge in [0.25, 0.3) is 0 Å². The van der Waals surface area contributed by atoms with Crippen LogP contribution in [0.2, 0.25) is 0 Å². The highest BCUT2D eigenvalue weighted by atomic mass is 32.2. The molecule has 0 radical (unpaired) electrons. The van der Waals surface area contributed by atoms with Gasteiger partial charge in [-0.25, -0.2) is 9.59 Å². The SMILES string of the molecule is CC(C)CN1CCN(C(=O)N2CCSCC2C(=O)O)CC1. The fourth-order valence-electron chi connectivity index (χ4n) is 2.86. The third kappa shape index (κ3) is 4.26. The number of carboxylic acids is 1. The molecular weight excluding hydrogens is 290 g/mol. The van der Waals surface area contributed by atoms with Crippen LogP contribution in [0, 0.1) is 5.92 Å². The average Bonchev–Trinajstić information content (AvgIpc) is 2.46. The number of hydrogen-bond donors (Lipinski definition) is 1. The Kier molecular flexibility index (Phi) is 5.75. The molecule has 0 saturated carbocycles. The number of piperazine rings is 1. The number of carbonyl (C=O) groups is 2. The van der Waals surface area contributed by atoms with E-state index in [1.54, 1.807) is 11.8 Å². The summed E-state index contributed by atoms with van der Waals surface area (Å²) in [5, 5.41) is 9.26. The zero-order chi connectivity index (χ0) is 15.4. The van der Waals surface area contributed by atoms with Crippen molar-refractivity contribution < 1.29 is 14.7 Å². The molecule has 0 aromatic heterocycles. The number of aliphatic carboxylic acids is 1. The number of carbonyl (C=O) groups excluding carboxylic acids is 1. The Balaban J connectivity index is 1.90. The largest absolute Gasteiger partial charge is 0.480 e. The van der Waals surface area contributed by atoms with Crippen LogP contribution in [-0.4, -0.2) is 88.6 Å². The van der Waals surface area contributed by atoms with Crippen molar-refractivity contribution in [3.63, 3.8) is 0 Å². The van der Waals surface area contributed by atoms with Gasteiger partial charge in [-0.3, -0.25) is 4.90 Å². The second-order valence-electron chi connectivity index (χ2n) is 6.09. The zero-order valence-electron chi connectivity index (χ0n) is 12.8. The summed E-state index contributed by atoms with van der Waals surface area (Å²) in [4.78, 5) is 29.6. The lowest BCUT2D eigenvalue weighted by Crippen LogP contribution is -2.58. The molecule has 6 nitrogen and oxygen atoms in total. The highest BCUT2D eigenvalue weighted by molar-refractivity contribution is 7.99. The molecule has 7 heteroatoms. The number of urea groups is 1. The van der Waals surface area contributed by atoms with E-state index in [4.69, 9.17) is 0 Å². The molecule has 2 heterocycles. The Hall–Kier alpha value is -0.950. The fourth-order valence-corrected chi connectivity index (χ4v) is 3.90. The third-order valence-electron chi connectivity index (χ3n) is 3.93. The summed E-state index contributed by atoms with van der Waals surface area (Å²) >= 11 is 1.60. The van der Waals surface area contributed by atoms with E-state index < -0.39 is 12.0 Å². The number of thioether (sulfide) groups is 1. The molecule has 21 heavy (non-hydrogen) atoms. The van der Waals surface area contributed by atoms with E-state index in [1.807, 2.05) is 4.90 Å². The maximum absolute atomic E-state index is 12.6. The van der Waals surface area contributed by atoms with Crippen molar-refractivity contribution in [1.82, 2.24) is 14.7 Å². The minimum Gasteiger partial charge on any atom is -0.480 e. The van der Waals surface area contributed by atoms with Crippen LogP contribution in [0.4, 0.5) is 4.79 Å². The van der Waals surface area contributed by atoms with Gasteiger partial charge >= 0.3 is 12.0 Å². The topological polar surface area (TPSA) is 64.1 Å². The van der Waals surface area contributed by atoms with Crippen LogP contribution in [0.1, 0.15) is 13.8 Å². The lowest BCUT2D eigenvalue weighted by Gasteiger charge is -2.40. The smallest absolute Gasteiger partial charge is 0.327 e. The van der Waals surface area contributed by atoms with Crippen molar-refractivity contribution in [3.8, 4) is 0 Å². The van der Waals surface area contributed by atoms with Crippen molar-refractivity contribution in [2.75, 3.05) is 50.8 Å². The summed E-state index contributed by atoms with van der Waals surface area (Å²) in [7, 11) is 0. The summed E-state index contributed by atoms with van der Waals surface area (Å²) in [5.41, 5.74) is 0. The molecule has 2 aliphatic rings. The van der Waals surface area contributed by atoms with Crippen molar-refractivity contribution in [2.45, 2.75) is 19.9 Å². The van der Waals surface area contributed by atoms with Gasteiger partial charge < -0.3 is 14.9 Å². The molecule has 0 aliphatic carbocycles. The molecule has 2 fully saturated rings. The highest BCUT2D eigenvalue weighted by Crippen LogP contribution is 2.19. The fraction of sp³-hybridized carbons (Fsp3) is 0.857. The molecule has 1 unspecified atom stereocenters.